The summed E-state index contributed by atoms with van der Waals surface area (Å²) in [5, 5.41) is 2.85. The van der Waals surface area contributed by atoms with Gasteiger partial charge < -0.3 is 5.32 Å². The first-order valence-corrected chi connectivity index (χ1v) is 5.47. The van der Waals surface area contributed by atoms with E-state index in [0.717, 1.165) is 22.4 Å². The molecule has 0 aromatic heterocycles. The van der Waals surface area contributed by atoms with Crippen molar-refractivity contribution in [3.8, 4) is 0 Å². The minimum Gasteiger partial charge on any atom is -0.326 e. The van der Waals surface area contributed by atoms with Crippen LogP contribution in [0.15, 0.2) is 41.5 Å². The van der Waals surface area contributed by atoms with E-state index in [9.17, 15) is 4.79 Å². The van der Waals surface area contributed by atoms with Gasteiger partial charge in [-0.05, 0) is 42.5 Å². The fraction of sp³-hybridized carbons (Fsp3) is 0.143. The fourth-order valence-corrected chi connectivity index (χ4v) is 1.99. The van der Waals surface area contributed by atoms with Gasteiger partial charge in [0.2, 0.25) is 5.91 Å². The third-order valence-corrected chi connectivity index (χ3v) is 2.77. The molecule has 1 aromatic carbocycles. The molecule has 0 spiro atoms. The van der Waals surface area contributed by atoms with Crippen molar-refractivity contribution >= 4 is 23.9 Å². The van der Waals surface area contributed by atoms with Crippen LogP contribution in [-0.2, 0) is 11.2 Å². The molecule has 86 valence electrons. The molecule has 1 aromatic rings. The SMILES string of the molecule is C=N/C=C\C(=C/C)c1cccc2c1CC(=O)N2. The number of anilines is 1. The Morgan fingerprint density at radius 1 is 1.53 bits per heavy atom. The van der Waals surface area contributed by atoms with Crippen LogP contribution in [0.25, 0.3) is 5.57 Å². The maximum Gasteiger partial charge on any atom is 0.228 e. The summed E-state index contributed by atoms with van der Waals surface area (Å²) < 4.78 is 0. The molecule has 3 nitrogen and oxygen atoms in total. The molecule has 0 unspecified atom stereocenters. The van der Waals surface area contributed by atoms with Gasteiger partial charge in [-0.25, -0.2) is 0 Å². The molecule has 17 heavy (non-hydrogen) atoms. The summed E-state index contributed by atoms with van der Waals surface area (Å²) in [6, 6.07) is 5.88. The lowest BCUT2D eigenvalue weighted by atomic mass is 9.97. The zero-order valence-corrected chi connectivity index (χ0v) is 9.73. The molecule has 0 radical (unpaired) electrons. The first-order chi connectivity index (χ1) is 8.26. The van der Waals surface area contributed by atoms with Crippen LogP contribution < -0.4 is 5.32 Å². The van der Waals surface area contributed by atoms with Gasteiger partial charge in [0.05, 0.1) is 6.42 Å². The Hall–Kier alpha value is -2.16. The molecule has 0 saturated carbocycles. The summed E-state index contributed by atoms with van der Waals surface area (Å²) in [4.78, 5) is 15.1. The van der Waals surface area contributed by atoms with Gasteiger partial charge in [-0.1, -0.05) is 18.2 Å². The number of nitrogens with one attached hydrogen (secondary N) is 1. The molecule has 2 rings (SSSR count). The number of rotatable bonds is 3. The van der Waals surface area contributed by atoms with Crippen LogP contribution in [0, 0.1) is 0 Å². The summed E-state index contributed by atoms with van der Waals surface area (Å²) in [5.41, 5.74) is 4.08. The zero-order chi connectivity index (χ0) is 12.3. The van der Waals surface area contributed by atoms with Crippen LogP contribution in [-0.4, -0.2) is 12.6 Å². The largest absolute Gasteiger partial charge is 0.326 e. The van der Waals surface area contributed by atoms with E-state index in [-0.39, 0.29) is 5.91 Å². The molecule has 0 saturated heterocycles. The second-order valence-corrected chi connectivity index (χ2v) is 3.80. The monoisotopic (exact) mass is 226 g/mol. The van der Waals surface area contributed by atoms with E-state index in [2.05, 4.69) is 17.0 Å². The predicted molar refractivity (Wildman–Crippen MR) is 71.1 cm³/mol. The Morgan fingerprint density at radius 3 is 3.06 bits per heavy atom. The quantitative estimate of drug-likeness (QED) is 0.625. The van der Waals surface area contributed by atoms with E-state index < -0.39 is 0 Å². The number of benzene rings is 1. The van der Waals surface area contributed by atoms with Gasteiger partial charge in [0.25, 0.3) is 0 Å². The number of carbonyl (C=O) groups is 1. The Labute approximate surface area is 101 Å². The van der Waals surface area contributed by atoms with Crippen LogP contribution in [0.5, 0.6) is 0 Å². The van der Waals surface area contributed by atoms with Crippen molar-refractivity contribution in [2.75, 3.05) is 5.32 Å². The molecule has 1 aliphatic heterocycles. The van der Waals surface area contributed by atoms with Crippen LogP contribution in [0.3, 0.4) is 0 Å². The van der Waals surface area contributed by atoms with E-state index in [0.29, 0.717) is 6.42 Å². The summed E-state index contributed by atoms with van der Waals surface area (Å²) >= 11 is 0. The lowest BCUT2D eigenvalue weighted by Gasteiger charge is -2.07. The van der Waals surface area contributed by atoms with Crippen molar-refractivity contribution in [2.45, 2.75) is 13.3 Å². The van der Waals surface area contributed by atoms with E-state index in [1.165, 1.54) is 0 Å². The Kier molecular flexibility index (Phi) is 3.19. The molecule has 0 atom stereocenters. The van der Waals surface area contributed by atoms with E-state index in [4.69, 9.17) is 0 Å². The number of hydrogen-bond donors (Lipinski definition) is 1. The molecule has 0 fully saturated rings. The smallest absolute Gasteiger partial charge is 0.228 e. The zero-order valence-electron chi connectivity index (χ0n) is 9.73. The number of nitrogens with zero attached hydrogens (tertiary/aromatic N) is 1. The fourth-order valence-electron chi connectivity index (χ4n) is 1.99. The molecule has 1 amide bonds. The topological polar surface area (TPSA) is 41.5 Å². The minimum absolute atomic E-state index is 0.0497. The van der Waals surface area contributed by atoms with E-state index >= 15 is 0 Å². The summed E-state index contributed by atoms with van der Waals surface area (Å²) in [7, 11) is 0. The second kappa shape index (κ2) is 4.78. The average molecular weight is 226 g/mol. The van der Waals surface area contributed by atoms with Crippen molar-refractivity contribution in [2.24, 2.45) is 4.99 Å². The number of hydrogen-bond acceptors (Lipinski definition) is 2. The molecule has 1 aliphatic rings. The summed E-state index contributed by atoms with van der Waals surface area (Å²) in [6.45, 7) is 5.38. The Balaban J connectivity index is 2.47. The van der Waals surface area contributed by atoms with Gasteiger partial charge in [0.1, 0.15) is 0 Å². The van der Waals surface area contributed by atoms with E-state index in [1.807, 2.05) is 37.3 Å². The van der Waals surface area contributed by atoms with Gasteiger partial charge in [0, 0.05) is 11.9 Å². The van der Waals surface area contributed by atoms with E-state index in [1.54, 1.807) is 6.20 Å². The minimum atomic E-state index is 0.0497. The Morgan fingerprint density at radius 2 is 2.35 bits per heavy atom. The highest BCUT2D eigenvalue weighted by molar-refractivity contribution is 6.01. The lowest BCUT2D eigenvalue weighted by molar-refractivity contribution is -0.115. The van der Waals surface area contributed by atoms with Crippen LogP contribution >= 0.6 is 0 Å². The number of carbonyl (C=O) groups excluding carboxylic acids is 1. The third-order valence-electron chi connectivity index (χ3n) is 2.77. The van der Waals surface area contributed by atoms with Crippen molar-refractivity contribution < 1.29 is 4.79 Å². The maximum absolute atomic E-state index is 11.4. The highest BCUT2D eigenvalue weighted by Gasteiger charge is 2.20. The number of amides is 1. The normalized spacial score (nSPS) is 14.9. The van der Waals surface area contributed by atoms with Gasteiger partial charge in [0.15, 0.2) is 0 Å². The first kappa shape index (κ1) is 11.3. The number of aliphatic imine (C=N–C) groups is 1. The van der Waals surface area contributed by atoms with Crippen LogP contribution in [0.4, 0.5) is 5.69 Å². The number of fused-ring (bicyclic) bond motifs is 1. The summed E-state index contributed by atoms with van der Waals surface area (Å²) in [6.07, 6.45) is 5.99. The predicted octanol–water partition coefficient (Wildman–Crippen LogP) is 2.80. The molecular weight excluding hydrogens is 212 g/mol. The molecular formula is C14H14N2O. The molecule has 1 heterocycles. The molecule has 0 bridgehead atoms. The Bertz CT molecular complexity index is 527. The lowest BCUT2D eigenvalue weighted by Crippen LogP contribution is -2.03. The van der Waals surface area contributed by atoms with Crippen molar-refractivity contribution in [3.05, 3.63) is 47.7 Å². The van der Waals surface area contributed by atoms with Gasteiger partial charge in [-0.15, -0.1) is 0 Å². The standard InChI is InChI=1S/C14H14N2O/c1-3-10(7-8-15-2)11-5-4-6-13-12(11)9-14(17)16-13/h3-8H,2,9H2,1H3,(H,16,17)/b8-7-,10-3+. The third kappa shape index (κ3) is 2.18. The highest BCUT2D eigenvalue weighted by Crippen LogP contribution is 2.31. The van der Waals surface area contributed by atoms with Gasteiger partial charge in [-0.2, -0.15) is 0 Å². The maximum atomic E-state index is 11.4. The summed E-state index contributed by atoms with van der Waals surface area (Å²) in [5.74, 6) is 0.0497. The van der Waals surface area contributed by atoms with Crippen LogP contribution in [0.2, 0.25) is 0 Å². The average Bonchev–Trinajstić information content (AvgIpc) is 2.71. The second-order valence-electron chi connectivity index (χ2n) is 3.80. The molecule has 1 N–H and O–H groups in total. The first-order valence-electron chi connectivity index (χ1n) is 5.47. The van der Waals surface area contributed by atoms with Crippen molar-refractivity contribution in [1.29, 1.82) is 0 Å². The van der Waals surface area contributed by atoms with Crippen molar-refractivity contribution in [3.63, 3.8) is 0 Å². The van der Waals surface area contributed by atoms with Crippen LogP contribution in [0.1, 0.15) is 18.1 Å². The van der Waals surface area contributed by atoms with Gasteiger partial charge >= 0.3 is 0 Å². The highest BCUT2D eigenvalue weighted by atomic mass is 16.1. The van der Waals surface area contributed by atoms with Gasteiger partial charge in [-0.3, -0.25) is 9.79 Å². The molecule has 3 heteroatoms. The van der Waals surface area contributed by atoms with Crippen molar-refractivity contribution in [1.82, 2.24) is 0 Å². The molecule has 0 aliphatic carbocycles. The number of allylic oxidation sites excluding steroid dienone is 3.